The fourth-order valence-electron chi connectivity index (χ4n) is 3.29. The lowest BCUT2D eigenvalue weighted by molar-refractivity contribution is -0.124. The molecule has 0 saturated heterocycles. The molecule has 7 nitrogen and oxygen atoms in total. The number of carbonyl (C=O) groups excluding carboxylic acids is 1. The molecular formula is C19H25FN4O3. The van der Waals surface area contributed by atoms with Gasteiger partial charge in [-0.25, -0.2) is 4.39 Å². The van der Waals surface area contributed by atoms with Crippen molar-refractivity contribution in [1.82, 2.24) is 20.0 Å². The van der Waals surface area contributed by atoms with Gasteiger partial charge in [-0.15, -0.1) is 0 Å². The fraction of sp³-hybridized carbons (Fsp3) is 0.474. The van der Waals surface area contributed by atoms with E-state index in [9.17, 15) is 9.18 Å². The average molecular weight is 376 g/mol. The van der Waals surface area contributed by atoms with E-state index in [1.54, 1.807) is 13.2 Å². The molecule has 2 aromatic rings. The van der Waals surface area contributed by atoms with Crippen LogP contribution in [0.1, 0.15) is 23.4 Å². The van der Waals surface area contributed by atoms with Gasteiger partial charge in [0.25, 0.3) is 0 Å². The monoisotopic (exact) mass is 376 g/mol. The maximum Gasteiger partial charge on any atom is 0.246 e. The number of rotatable bonds is 7. The first-order chi connectivity index (χ1) is 13.1. The second kappa shape index (κ2) is 8.96. The number of aryl methyl sites for hydroxylation is 1. The zero-order valence-electron chi connectivity index (χ0n) is 15.7. The number of fused-ring (bicyclic) bond motifs is 1. The van der Waals surface area contributed by atoms with E-state index in [1.165, 1.54) is 19.2 Å². The van der Waals surface area contributed by atoms with E-state index in [2.05, 4.69) is 15.3 Å². The van der Waals surface area contributed by atoms with E-state index in [0.29, 0.717) is 25.4 Å². The van der Waals surface area contributed by atoms with Gasteiger partial charge in [-0.1, -0.05) is 0 Å². The summed E-state index contributed by atoms with van der Waals surface area (Å²) < 4.78 is 25.8. The number of benzene rings is 1. The molecular weight excluding hydrogens is 351 g/mol. The van der Waals surface area contributed by atoms with Gasteiger partial charge in [-0.05, 0) is 30.7 Å². The molecule has 0 saturated carbocycles. The summed E-state index contributed by atoms with van der Waals surface area (Å²) in [6, 6.07) is 6.60. The van der Waals surface area contributed by atoms with Crippen molar-refractivity contribution >= 4 is 5.91 Å². The molecule has 0 spiro atoms. The summed E-state index contributed by atoms with van der Waals surface area (Å²) in [5.74, 6) is 0.260. The molecule has 1 N–H and O–H groups in total. The molecule has 1 aromatic heterocycles. The van der Waals surface area contributed by atoms with Gasteiger partial charge in [-0.3, -0.25) is 14.4 Å². The lowest BCUT2D eigenvalue weighted by Crippen LogP contribution is -2.26. The van der Waals surface area contributed by atoms with Crippen LogP contribution in [-0.4, -0.2) is 48.0 Å². The number of ether oxygens (including phenoxy) is 2. The van der Waals surface area contributed by atoms with Crippen LogP contribution < -0.4 is 10.1 Å². The van der Waals surface area contributed by atoms with Crippen molar-refractivity contribution in [3.05, 3.63) is 47.0 Å². The first-order valence-corrected chi connectivity index (χ1v) is 8.95. The molecule has 146 valence electrons. The summed E-state index contributed by atoms with van der Waals surface area (Å²) >= 11 is 0. The zero-order chi connectivity index (χ0) is 19.2. The standard InChI is InChI=1S/C19H25FN4O3/c1-26-13-19(25)21-10-16-9-17-12-23(6-3-7-24(17)22-16)11-14-8-15(20)4-5-18(14)27-2/h4-5,8-9H,3,6-7,10-13H2,1-2H3,(H,21,25). The second-order valence-electron chi connectivity index (χ2n) is 6.58. The van der Waals surface area contributed by atoms with Crippen molar-refractivity contribution in [3.63, 3.8) is 0 Å². The van der Waals surface area contributed by atoms with Gasteiger partial charge in [0.05, 0.1) is 25.0 Å². The van der Waals surface area contributed by atoms with Crippen molar-refractivity contribution in [2.75, 3.05) is 27.4 Å². The Morgan fingerprint density at radius 2 is 2.15 bits per heavy atom. The van der Waals surface area contributed by atoms with Gasteiger partial charge < -0.3 is 14.8 Å². The minimum Gasteiger partial charge on any atom is -0.496 e. The molecule has 1 aromatic carbocycles. The molecule has 3 rings (SSSR count). The Balaban J connectivity index is 1.67. The van der Waals surface area contributed by atoms with E-state index in [0.717, 1.165) is 36.5 Å². The van der Waals surface area contributed by atoms with Gasteiger partial charge >= 0.3 is 0 Å². The molecule has 8 heteroatoms. The smallest absolute Gasteiger partial charge is 0.246 e. The van der Waals surface area contributed by atoms with Crippen LogP contribution in [-0.2, 0) is 35.7 Å². The molecule has 0 bridgehead atoms. The Bertz CT molecular complexity index is 793. The van der Waals surface area contributed by atoms with E-state index >= 15 is 0 Å². The third-order valence-electron chi connectivity index (χ3n) is 4.52. The molecule has 27 heavy (non-hydrogen) atoms. The Labute approximate surface area is 158 Å². The minimum atomic E-state index is -0.264. The summed E-state index contributed by atoms with van der Waals surface area (Å²) in [5.41, 5.74) is 2.73. The van der Waals surface area contributed by atoms with Gasteiger partial charge in [0, 0.05) is 38.9 Å². The van der Waals surface area contributed by atoms with Gasteiger partial charge in [0.1, 0.15) is 18.2 Å². The van der Waals surface area contributed by atoms with Crippen LogP contribution in [0.5, 0.6) is 5.75 Å². The summed E-state index contributed by atoms with van der Waals surface area (Å²) in [4.78, 5) is 13.8. The third-order valence-corrected chi connectivity index (χ3v) is 4.52. The van der Waals surface area contributed by atoms with Crippen molar-refractivity contribution < 1.29 is 18.7 Å². The number of amides is 1. The average Bonchev–Trinajstić information content (AvgIpc) is 2.92. The first-order valence-electron chi connectivity index (χ1n) is 8.95. The molecule has 0 radical (unpaired) electrons. The number of hydrogen-bond acceptors (Lipinski definition) is 5. The molecule has 1 amide bonds. The Morgan fingerprint density at radius 3 is 2.93 bits per heavy atom. The first kappa shape index (κ1) is 19.3. The van der Waals surface area contributed by atoms with Gasteiger partial charge in [0.2, 0.25) is 5.91 Å². The Kier molecular flexibility index (Phi) is 6.41. The molecule has 0 atom stereocenters. The number of halogens is 1. The van der Waals surface area contributed by atoms with Crippen LogP contribution >= 0.6 is 0 Å². The highest BCUT2D eigenvalue weighted by molar-refractivity contribution is 5.77. The summed E-state index contributed by atoms with van der Waals surface area (Å²) in [6.45, 7) is 3.43. The van der Waals surface area contributed by atoms with Crippen molar-refractivity contribution in [3.8, 4) is 5.75 Å². The van der Waals surface area contributed by atoms with Crippen LogP contribution in [0, 0.1) is 5.82 Å². The van der Waals surface area contributed by atoms with E-state index < -0.39 is 0 Å². The number of aromatic nitrogens is 2. The van der Waals surface area contributed by atoms with Crippen LogP contribution in [0.4, 0.5) is 4.39 Å². The summed E-state index contributed by atoms with van der Waals surface area (Å²) in [6.07, 6.45) is 0.946. The minimum absolute atomic E-state index is 0.0385. The lowest BCUT2D eigenvalue weighted by Gasteiger charge is -2.21. The topological polar surface area (TPSA) is 68.6 Å². The normalized spacial score (nSPS) is 14.5. The SMILES string of the molecule is COCC(=O)NCc1cc2n(n1)CCCN(Cc1cc(F)ccc1OC)C2. The van der Waals surface area contributed by atoms with E-state index in [-0.39, 0.29) is 18.3 Å². The number of methoxy groups -OCH3 is 2. The Morgan fingerprint density at radius 1 is 1.30 bits per heavy atom. The predicted molar refractivity (Wildman–Crippen MR) is 97.6 cm³/mol. The molecule has 2 heterocycles. The lowest BCUT2D eigenvalue weighted by atomic mass is 10.1. The second-order valence-corrected chi connectivity index (χ2v) is 6.58. The van der Waals surface area contributed by atoms with Crippen LogP contribution in [0.15, 0.2) is 24.3 Å². The van der Waals surface area contributed by atoms with Gasteiger partial charge in [0.15, 0.2) is 0 Å². The quantitative estimate of drug-likeness (QED) is 0.797. The summed E-state index contributed by atoms with van der Waals surface area (Å²) in [7, 11) is 3.08. The van der Waals surface area contributed by atoms with E-state index in [4.69, 9.17) is 9.47 Å². The van der Waals surface area contributed by atoms with Crippen molar-refractivity contribution in [2.24, 2.45) is 0 Å². The number of nitrogens with one attached hydrogen (secondary N) is 1. The number of carbonyl (C=O) groups is 1. The Hall–Kier alpha value is -2.45. The fourth-order valence-corrected chi connectivity index (χ4v) is 3.29. The van der Waals surface area contributed by atoms with Crippen LogP contribution in [0.2, 0.25) is 0 Å². The number of hydrogen-bond donors (Lipinski definition) is 1. The van der Waals surface area contributed by atoms with Crippen LogP contribution in [0.3, 0.4) is 0 Å². The summed E-state index contributed by atoms with van der Waals surface area (Å²) in [5, 5.41) is 7.37. The highest BCUT2D eigenvalue weighted by Crippen LogP contribution is 2.23. The van der Waals surface area contributed by atoms with Crippen LogP contribution in [0.25, 0.3) is 0 Å². The maximum absolute atomic E-state index is 13.6. The molecule has 0 unspecified atom stereocenters. The molecule has 0 fully saturated rings. The number of nitrogens with zero attached hydrogens (tertiary/aromatic N) is 3. The third kappa shape index (κ3) is 5.05. The largest absolute Gasteiger partial charge is 0.496 e. The van der Waals surface area contributed by atoms with Crippen molar-refractivity contribution in [1.29, 1.82) is 0 Å². The van der Waals surface area contributed by atoms with E-state index in [1.807, 2.05) is 10.7 Å². The molecule has 1 aliphatic rings. The highest BCUT2D eigenvalue weighted by atomic mass is 19.1. The van der Waals surface area contributed by atoms with Gasteiger partial charge in [-0.2, -0.15) is 5.10 Å². The predicted octanol–water partition coefficient (Wildman–Crippen LogP) is 1.70. The molecule has 0 aliphatic carbocycles. The highest BCUT2D eigenvalue weighted by Gasteiger charge is 2.18. The van der Waals surface area contributed by atoms with Crippen molar-refractivity contribution in [2.45, 2.75) is 32.6 Å². The zero-order valence-corrected chi connectivity index (χ0v) is 15.7. The maximum atomic E-state index is 13.6. The molecule has 1 aliphatic heterocycles.